The van der Waals surface area contributed by atoms with Gasteiger partial charge in [-0.2, -0.15) is 0 Å². The Bertz CT molecular complexity index is 286. The first-order valence-electron chi connectivity index (χ1n) is 5.51. The molecule has 0 atom stereocenters. The SMILES string of the molecule is C=C.CCCc1ccc2c(c1)CCC2. The highest BCUT2D eigenvalue weighted by molar-refractivity contribution is 5.35. The predicted octanol–water partition coefficient (Wildman–Crippen LogP) is 3.93. The summed E-state index contributed by atoms with van der Waals surface area (Å²) in [4.78, 5) is 0. The zero-order valence-electron chi connectivity index (χ0n) is 9.18. The molecule has 0 spiro atoms. The van der Waals surface area contributed by atoms with Crippen LogP contribution >= 0.6 is 0 Å². The molecule has 0 N–H and O–H groups in total. The van der Waals surface area contributed by atoms with Crippen molar-refractivity contribution in [2.45, 2.75) is 39.0 Å². The summed E-state index contributed by atoms with van der Waals surface area (Å²) in [5, 5.41) is 0. The molecule has 0 aliphatic heterocycles. The van der Waals surface area contributed by atoms with Crippen molar-refractivity contribution < 1.29 is 0 Å². The first-order valence-corrected chi connectivity index (χ1v) is 5.51. The molecule has 0 heteroatoms. The van der Waals surface area contributed by atoms with Crippen LogP contribution in [0.5, 0.6) is 0 Å². The van der Waals surface area contributed by atoms with E-state index in [0.717, 1.165) is 0 Å². The van der Waals surface area contributed by atoms with Gasteiger partial charge < -0.3 is 0 Å². The van der Waals surface area contributed by atoms with E-state index in [-0.39, 0.29) is 0 Å². The summed E-state index contributed by atoms with van der Waals surface area (Å²) >= 11 is 0. The number of fused-ring (bicyclic) bond motifs is 1. The molecule has 1 aromatic rings. The largest absolute Gasteiger partial charge is 0.106 e. The van der Waals surface area contributed by atoms with Crippen molar-refractivity contribution in [3.8, 4) is 0 Å². The minimum Gasteiger partial charge on any atom is -0.106 e. The standard InChI is InChI=1S/C12H16.C2H4/c1-2-4-10-7-8-11-5-3-6-12(11)9-10;1-2/h7-9H,2-6H2,1H3;1-2H2. The average Bonchev–Trinajstić information content (AvgIpc) is 2.68. The van der Waals surface area contributed by atoms with Gasteiger partial charge in [-0.05, 0) is 42.4 Å². The molecule has 1 aromatic carbocycles. The van der Waals surface area contributed by atoms with Crippen molar-refractivity contribution in [2.75, 3.05) is 0 Å². The van der Waals surface area contributed by atoms with Gasteiger partial charge in [-0.25, -0.2) is 0 Å². The zero-order chi connectivity index (χ0) is 10.4. The van der Waals surface area contributed by atoms with Gasteiger partial charge in [0.05, 0.1) is 0 Å². The van der Waals surface area contributed by atoms with Gasteiger partial charge in [-0.1, -0.05) is 31.5 Å². The highest BCUT2D eigenvalue weighted by atomic mass is 14.1. The smallest absolute Gasteiger partial charge is 0.0273 e. The summed E-state index contributed by atoms with van der Waals surface area (Å²) in [7, 11) is 0. The van der Waals surface area contributed by atoms with E-state index in [9.17, 15) is 0 Å². The number of rotatable bonds is 2. The van der Waals surface area contributed by atoms with Crippen LogP contribution in [0.25, 0.3) is 0 Å². The summed E-state index contributed by atoms with van der Waals surface area (Å²) in [5.41, 5.74) is 4.73. The van der Waals surface area contributed by atoms with Crippen LogP contribution in [0.2, 0.25) is 0 Å². The molecule has 0 amide bonds. The average molecular weight is 188 g/mol. The fourth-order valence-corrected chi connectivity index (χ4v) is 2.07. The Morgan fingerprint density at radius 2 is 1.86 bits per heavy atom. The normalized spacial score (nSPS) is 12.9. The summed E-state index contributed by atoms with van der Waals surface area (Å²) in [6.45, 7) is 8.24. The lowest BCUT2D eigenvalue weighted by Gasteiger charge is -2.02. The van der Waals surface area contributed by atoms with Gasteiger partial charge in [0.2, 0.25) is 0 Å². The second kappa shape index (κ2) is 5.64. The maximum atomic E-state index is 3.00. The highest BCUT2D eigenvalue weighted by Gasteiger charge is 2.09. The Morgan fingerprint density at radius 3 is 2.57 bits per heavy atom. The fraction of sp³-hybridized carbons (Fsp3) is 0.429. The molecule has 14 heavy (non-hydrogen) atoms. The van der Waals surface area contributed by atoms with E-state index in [1.54, 1.807) is 11.1 Å². The molecule has 0 aromatic heterocycles. The van der Waals surface area contributed by atoms with Gasteiger partial charge >= 0.3 is 0 Å². The second-order valence-electron chi connectivity index (χ2n) is 3.71. The maximum Gasteiger partial charge on any atom is -0.0273 e. The predicted molar refractivity (Wildman–Crippen MR) is 63.7 cm³/mol. The number of benzene rings is 1. The van der Waals surface area contributed by atoms with Crippen LogP contribution in [-0.2, 0) is 19.3 Å². The molecule has 76 valence electrons. The van der Waals surface area contributed by atoms with Crippen LogP contribution in [0.3, 0.4) is 0 Å². The quantitative estimate of drug-likeness (QED) is 0.617. The lowest BCUT2D eigenvalue weighted by Crippen LogP contribution is -1.87. The molecule has 2 rings (SSSR count). The minimum absolute atomic E-state index is 1.24. The Kier molecular flexibility index (Phi) is 4.45. The van der Waals surface area contributed by atoms with Crippen LogP contribution in [0, 0.1) is 0 Å². The minimum atomic E-state index is 1.24. The monoisotopic (exact) mass is 188 g/mol. The molecule has 0 nitrogen and oxygen atoms in total. The Balaban J connectivity index is 0.000000461. The van der Waals surface area contributed by atoms with Crippen molar-refractivity contribution in [1.29, 1.82) is 0 Å². The first-order chi connectivity index (χ1) is 6.90. The zero-order valence-corrected chi connectivity index (χ0v) is 9.18. The van der Waals surface area contributed by atoms with Gasteiger partial charge in [-0.3, -0.25) is 0 Å². The van der Waals surface area contributed by atoms with Crippen LogP contribution in [0.1, 0.15) is 36.5 Å². The van der Waals surface area contributed by atoms with Gasteiger partial charge in [-0.15, -0.1) is 13.2 Å². The van der Waals surface area contributed by atoms with Crippen molar-refractivity contribution in [2.24, 2.45) is 0 Å². The van der Waals surface area contributed by atoms with E-state index in [0.29, 0.717) is 0 Å². The van der Waals surface area contributed by atoms with Crippen molar-refractivity contribution in [1.82, 2.24) is 0 Å². The van der Waals surface area contributed by atoms with Gasteiger partial charge in [0.15, 0.2) is 0 Å². The van der Waals surface area contributed by atoms with Gasteiger partial charge in [0.25, 0.3) is 0 Å². The van der Waals surface area contributed by atoms with E-state index in [1.165, 1.54) is 37.7 Å². The number of hydrogen-bond donors (Lipinski definition) is 0. The molecule has 0 radical (unpaired) electrons. The maximum absolute atomic E-state index is 3.00. The van der Waals surface area contributed by atoms with Gasteiger partial charge in [0, 0.05) is 0 Å². The van der Waals surface area contributed by atoms with Crippen LogP contribution in [0.4, 0.5) is 0 Å². The van der Waals surface area contributed by atoms with E-state index in [4.69, 9.17) is 0 Å². The van der Waals surface area contributed by atoms with E-state index >= 15 is 0 Å². The van der Waals surface area contributed by atoms with Crippen LogP contribution in [-0.4, -0.2) is 0 Å². The molecular weight excluding hydrogens is 168 g/mol. The highest BCUT2D eigenvalue weighted by Crippen LogP contribution is 2.23. The van der Waals surface area contributed by atoms with Crippen LogP contribution in [0.15, 0.2) is 31.4 Å². The van der Waals surface area contributed by atoms with E-state index < -0.39 is 0 Å². The lowest BCUT2D eigenvalue weighted by atomic mass is 10.0. The lowest BCUT2D eigenvalue weighted by molar-refractivity contribution is 0.907. The van der Waals surface area contributed by atoms with E-state index in [2.05, 4.69) is 38.3 Å². The summed E-state index contributed by atoms with van der Waals surface area (Å²) < 4.78 is 0. The third kappa shape index (κ3) is 2.47. The van der Waals surface area contributed by atoms with E-state index in [1.807, 2.05) is 0 Å². The molecular formula is C14H20. The fourth-order valence-electron chi connectivity index (χ4n) is 2.07. The summed E-state index contributed by atoms with van der Waals surface area (Å²) in [5.74, 6) is 0. The number of aryl methyl sites for hydroxylation is 3. The molecule has 0 bridgehead atoms. The van der Waals surface area contributed by atoms with Crippen molar-refractivity contribution in [3.63, 3.8) is 0 Å². The first kappa shape index (κ1) is 11.0. The van der Waals surface area contributed by atoms with Crippen LogP contribution < -0.4 is 0 Å². The third-order valence-electron chi connectivity index (χ3n) is 2.70. The Hall–Kier alpha value is -1.04. The van der Waals surface area contributed by atoms with Gasteiger partial charge in [0.1, 0.15) is 0 Å². The Morgan fingerprint density at radius 1 is 1.14 bits per heavy atom. The molecule has 0 saturated carbocycles. The molecule has 0 unspecified atom stereocenters. The molecule has 1 aliphatic carbocycles. The molecule has 0 heterocycles. The third-order valence-corrected chi connectivity index (χ3v) is 2.70. The second-order valence-corrected chi connectivity index (χ2v) is 3.71. The Labute approximate surface area is 87.7 Å². The summed E-state index contributed by atoms with van der Waals surface area (Å²) in [6.07, 6.45) is 6.49. The molecule has 0 saturated heterocycles. The molecule has 0 fully saturated rings. The summed E-state index contributed by atoms with van der Waals surface area (Å²) in [6, 6.07) is 7.03. The molecule has 1 aliphatic rings. The van der Waals surface area contributed by atoms with Crippen molar-refractivity contribution >= 4 is 0 Å². The number of hydrogen-bond acceptors (Lipinski definition) is 0. The topological polar surface area (TPSA) is 0 Å². The van der Waals surface area contributed by atoms with Crippen molar-refractivity contribution in [3.05, 3.63) is 48.0 Å².